The van der Waals surface area contributed by atoms with Gasteiger partial charge in [0.15, 0.2) is 17.4 Å². The lowest BCUT2D eigenvalue weighted by atomic mass is 10.1. The highest BCUT2D eigenvalue weighted by atomic mass is 35.5. The summed E-state index contributed by atoms with van der Waals surface area (Å²) in [6.45, 7) is 7.47. The molecule has 0 spiro atoms. The molecule has 5 rings (SSSR count). The number of hydrogen-bond acceptors (Lipinski definition) is 10. The van der Waals surface area contributed by atoms with Crippen molar-refractivity contribution >= 4 is 122 Å². The zero-order valence-electron chi connectivity index (χ0n) is 28.5. The monoisotopic (exact) mass is 860 g/mol. The summed E-state index contributed by atoms with van der Waals surface area (Å²) >= 11 is 39.5. The summed E-state index contributed by atoms with van der Waals surface area (Å²) in [6, 6.07) is 9.48. The number of thioether (sulfide) groups is 1. The van der Waals surface area contributed by atoms with Crippen LogP contribution in [0, 0.1) is 13.8 Å². The van der Waals surface area contributed by atoms with Crippen molar-refractivity contribution in [1.82, 2.24) is 25.6 Å². The van der Waals surface area contributed by atoms with Crippen LogP contribution in [0.3, 0.4) is 0 Å². The molecule has 1 aromatic heterocycles. The third-order valence-electron chi connectivity index (χ3n) is 7.89. The third-order valence-corrected chi connectivity index (χ3v) is 11.6. The van der Waals surface area contributed by atoms with Gasteiger partial charge in [-0.3, -0.25) is 15.0 Å². The quantitative estimate of drug-likeness (QED) is 0.0803. The highest BCUT2D eigenvalue weighted by Gasteiger charge is 2.43. The number of carbonyl (C=O) groups is 3. The number of carbonyl (C=O) groups excluding carboxylic acids is 3. The molecule has 53 heavy (non-hydrogen) atoms. The van der Waals surface area contributed by atoms with Crippen molar-refractivity contribution in [2.75, 3.05) is 17.4 Å². The molecule has 0 aliphatic carbocycles. The minimum Gasteiger partial charge on any atom is -0.480 e. The minimum absolute atomic E-state index is 0.0185. The Morgan fingerprint density at radius 3 is 2.28 bits per heavy atom. The first-order valence-electron chi connectivity index (χ1n) is 15.8. The second-order valence-electron chi connectivity index (χ2n) is 11.5. The highest BCUT2D eigenvalue weighted by molar-refractivity contribution is 8.01. The Kier molecular flexibility index (Phi) is 13.3. The molecule has 3 unspecified atom stereocenters. The number of aliphatic imine (C=N–C) groups is 1. The summed E-state index contributed by atoms with van der Waals surface area (Å²) < 4.78 is 12.2. The van der Waals surface area contributed by atoms with Crippen LogP contribution in [-0.2, 0) is 19.1 Å². The molecule has 2 N–H and O–H groups in total. The van der Waals surface area contributed by atoms with E-state index in [2.05, 4.69) is 26.3 Å². The van der Waals surface area contributed by atoms with E-state index >= 15 is 0 Å². The lowest BCUT2D eigenvalue weighted by Crippen LogP contribution is -2.36. The number of nitrogens with one attached hydrogen (secondary N) is 2. The first-order valence-corrected chi connectivity index (χ1v) is 18.9. The normalized spacial score (nSPS) is 16.1. The number of hydrazine groups is 1. The number of halogens is 6. The summed E-state index contributed by atoms with van der Waals surface area (Å²) in [5.74, 6) is -1.02. The number of anilines is 2. The van der Waals surface area contributed by atoms with Crippen molar-refractivity contribution in [3.8, 4) is 5.75 Å². The Hall–Kier alpha value is -3.50. The number of aromatic nitrogens is 4. The lowest BCUT2D eigenvalue weighted by molar-refractivity contribution is -0.145. The number of methoxy groups -OCH3 is 1. The fraction of sp³-hybridized carbons (Fsp3) is 0.303. The minimum atomic E-state index is -1.21. The molecule has 280 valence electrons. The second kappa shape index (κ2) is 17.3. The van der Waals surface area contributed by atoms with Crippen LogP contribution in [0.2, 0.25) is 30.1 Å². The van der Waals surface area contributed by atoms with Crippen molar-refractivity contribution in [3.05, 3.63) is 77.7 Å². The summed E-state index contributed by atoms with van der Waals surface area (Å²) in [5.41, 5.74) is 5.31. The standard InChI is InChI=1S/C33H30Cl6N8O5S/c1-6-19(32(50)51-5)46-33(42-44-45-46)53-28-29(43-47(31(28)49)27-25(38)23(36)22(35)24(37)26(27)39)41-18-13-16(9-10-17(18)34)40-30(48)20(7-2)52-21-11-8-14(3)12-15(21)4/h8-13,19-20,28H,6-7H2,1-5H3,(H,40,48)(H,41,43). The van der Waals surface area contributed by atoms with Gasteiger partial charge in [0, 0.05) is 5.69 Å². The van der Waals surface area contributed by atoms with Gasteiger partial charge in [-0.2, -0.15) is 0 Å². The summed E-state index contributed by atoms with van der Waals surface area (Å²) in [4.78, 5) is 44.9. The Balaban J connectivity index is 1.52. The molecule has 1 fully saturated rings. The fourth-order valence-corrected chi connectivity index (χ4v) is 7.63. The molecule has 0 saturated carbocycles. The molecule has 0 radical (unpaired) electrons. The van der Waals surface area contributed by atoms with Crippen LogP contribution in [0.15, 0.2) is 46.5 Å². The van der Waals surface area contributed by atoms with E-state index in [-0.39, 0.29) is 58.9 Å². The number of amides is 2. The van der Waals surface area contributed by atoms with E-state index in [9.17, 15) is 14.4 Å². The maximum Gasteiger partial charge on any atom is 0.330 e. The zero-order valence-corrected chi connectivity index (χ0v) is 33.9. The van der Waals surface area contributed by atoms with Gasteiger partial charge in [-0.25, -0.2) is 19.5 Å². The largest absolute Gasteiger partial charge is 0.480 e. The van der Waals surface area contributed by atoms with Gasteiger partial charge in [0.1, 0.15) is 17.3 Å². The molecule has 1 aliphatic heterocycles. The van der Waals surface area contributed by atoms with E-state index < -0.39 is 35.2 Å². The third kappa shape index (κ3) is 8.59. The van der Waals surface area contributed by atoms with Gasteiger partial charge in [-0.1, -0.05) is 113 Å². The fourth-order valence-electron chi connectivity index (χ4n) is 5.18. The molecule has 20 heteroatoms. The molecule has 2 heterocycles. The van der Waals surface area contributed by atoms with E-state index in [1.54, 1.807) is 13.0 Å². The maximum atomic E-state index is 14.2. The number of tetrazole rings is 1. The molecule has 4 aromatic rings. The Labute approximate surface area is 338 Å². The molecule has 1 aliphatic rings. The zero-order chi connectivity index (χ0) is 38.7. The van der Waals surface area contributed by atoms with Gasteiger partial charge >= 0.3 is 5.97 Å². The van der Waals surface area contributed by atoms with Crippen LogP contribution in [0.5, 0.6) is 5.75 Å². The van der Waals surface area contributed by atoms with Crippen molar-refractivity contribution < 1.29 is 23.9 Å². The van der Waals surface area contributed by atoms with Crippen LogP contribution in [0.4, 0.5) is 17.1 Å². The number of nitrogens with zero attached hydrogens (tertiary/aromatic N) is 6. The van der Waals surface area contributed by atoms with Crippen molar-refractivity contribution in [3.63, 3.8) is 0 Å². The van der Waals surface area contributed by atoms with E-state index in [1.807, 2.05) is 39.0 Å². The number of benzene rings is 3. The number of amidine groups is 1. The van der Waals surface area contributed by atoms with Crippen LogP contribution in [0.1, 0.15) is 43.9 Å². The average Bonchev–Trinajstić information content (AvgIpc) is 3.71. The van der Waals surface area contributed by atoms with Gasteiger partial charge in [-0.15, -0.1) is 5.10 Å². The first kappa shape index (κ1) is 40.7. The smallest absolute Gasteiger partial charge is 0.330 e. The van der Waals surface area contributed by atoms with Crippen molar-refractivity contribution in [1.29, 1.82) is 0 Å². The number of rotatable bonds is 12. The SMILES string of the molecule is CCC(Oc1ccc(C)cc1C)C(=O)Nc1ccc(Cl)c(N=C2NN(c3c(Cl)c(Cl)c(Cl)c(Cl)c3Cl)C(=O)C2Sc2nnnn2C(CC)C(=O)OC)c1. The van der Waals surface area contributed by atoms with E-state index in [0.717, 1.165) is 27.9 Å². The summed E-state index contributed by atoms with van der Waals surface area (Å²) in [5, 5.41) is 13.9. The Morgan fingerprint density at radius 2 is 1.66 bits per heavy atom. The number of hydrogen-bond donors (Lipinski definition) is 2. The van der Waals surface area contributed by atoms with Gasteiger partial charge in [0.2, 0.25) is 5.16 Å². The van der Waals surface area contributed by atoms with Crippen molar-refractivity contribution in [2.24, 2.45) is 4.99 Å². The van der Waals surface area contributed by atoms with Crippen LogP contribution >= 0.6 is 81.4 Å². The van der Waals surface area contributed by atoms with Crippen LogP contribution in [-0.4, -0.2) is 62.3 Å². The van der Waals surface area contributed by atoms with Gasteiger partial charge < -0.3 is 14.8 Å². The maximum absolute atomic E-state index is 14.2. The topological polar surface area (TPSA) is 153 Å². The number of esters is 1. The van der Waals surface area contributed by atoms with Crippen LogP contribution < -0.4 is 20.5 Å². The van der Waals surface area contributed by atoms with Gasteiger partial charge in [-0.05, 0) is 66.9 Å². The van der Waals surface area contributed by atoms with E-state index in [1.165, 1.54) is 23.9 Å². The van der Waals surface area contributed by atoms with E-state index in [0.29, 0.717) is 17.9 Å². The average molecular weight is 863 g/mol. The number of ether oxygens (including phenoxy) is 2. The Morgan fingerprint density at radius 1 is 0.981 bits per heavy atom. The van der Waals surface area contributed by atoms with Gasteiger partial charge in [0.25, 0.3) is 11.8 Å². The molecular weight excluding hydrogens is 833 g/mol. The molecule has 2 amide bonds. The molecule has 3 atom stereocenters. The summed E-state index contributed by atoms with van der Waals surface area (Å²) in [6.07, 6.45) is -0.133. The first-order chi connectivity index (χ1) is 25.2. The molecule has 0 bridgehead atoms. The molecule has 3 aromatic carbocycles. The lowest BCUT2D eigenvalue weighted by Gasteiger charge is -2.21. The van der Waals surface area contributed by atoms with Crippen LogP contribution in [0.25, 0.3) is 0 Å². The molecular formula is C33H30Cl6N8O5S. The second-order valence-corrected chi connectivity index (χ2v) is 14.9. The predicted octanol–water partition coefficient (Wildman–Crippen LogP) is 8.87. The van der Waals surface area contributed by atoms with Crippen molar-refractivity contribution in [2.45, 2.75) is 63.1 Å². The predicted molar refractivity (Wildman–Crippen MR) is 209 cm³/mol. The summed E-state index contributed by atoms with van der Waals surface area (Å²) in [7, 11) is 1.24. The Bertz CT molecular complexity index is 2090. The van der Waals surface area contributed by atoms with E-state index in [4.69, 9.17) is 84.1 Å². The highest BCUT2D eigenvalue weighted by Crippen LogP contribution is 2.49. The molecule has 1 saturated heterocycles. The van der Waals surface area contributed by atoms with Gasteiger partial charge in [0.05, 0.1) is 42.9 Å². The number of aryl methyl sites for hydroxylation is 2. The molecule has 13 nitrogen and oxygen atoms in total.